The zero-order valence-electron chi connectivity index (χ0n) is 13.2. The average Bonchev–Trinajstić information content (AvgIpc) is 2.95. The topological polar surface area (TPSA) is 58.8 Å². The third-order valence-electron chi connectivity index (χ3n) is 5.46. The van der Waals surface area contributed by atoms with Gasteiger partial charge in [0.1, 0.15) is 0 Å². The first-order chi connectivity index (χ1) is 10.1. The van der Waals surface area contributed by atoms with Crippen LogP contribution in [0, 0.1) is 0 Å². The Hall–Kier alpha value is -0.650. The fourth-order valence-electron chi connectivity index (χ4n) is 4.15. The van der Waals surface area contributed by atoms with Gasteiger partial charge in [-0.25, -0.2) is 0 Å². The Balaban J connectivity index is 1.51. The minimum Gasteiger partial charge on any atom is -0.376 e. The number of amides is 1. The van der Waals surface area contributed by atoms with Crippen LogP contribution in [0.2, 0.25) is 0 Å². The number of nitrogens with zero attached hydrogens (tertiary/aromatic N) is 2. The van der Waals surface area contributed by atoms with E-state index in [-0.39, 0.29) is 5.91 Å². The second-order valence-corrected chi connectivity index (χ2v) is 7.06. The second-order valence-electron chi connectivity index (χ2n) is 7.06. The molecule has 1 aliphatic carbocycles. The lowest BCUT2D eigenvalue weighted by Gasteiger charge is -2.43. The number of morpholine rings is 1. The van der Waals surface area contributed by atoms with Crippen LogP contribution in [0.3, 0.4) is 0 Å². The van der Waals surface area contributed by atoms with Crippen LogP contribution >= 0.6 is 0 Å². The first-order valence-electron chi connectivity index (χ1n) is 8.52. The lowest BCUT2D eigenvalue weighted by atomic mass is 9.94. The van der Waals surface area contributed by atoms with Gasteiger partial charge in [-0.1, -0.05) is 12.8 Å². The maximum absolute atomic E-state index is 12.6. The molecule has 0 spiro atoms. The van der Waals surface area contributed by atoms with Crippen LogP contribution in [0.25, 0.3) is 0 Å². The van der Waals surface area contributed by atoms with E-state index in [2.05, 4.69) is 11.8 Å². The SMILES string of the molecule is CC1CN(C2CCN(C(=O)C3(N)CCCC3)CC2)CCO1. The van der Waals surface area contributed by atoms with Crippen molar-refractivity contribution in [2.24, 2.45) is 5.73 Å². The Kier molecular flexibility index (Phi) is 4.52. The van der Waals surface area contributed by atoms with E-state index in [9.17, 15) is 4.79 Å². The number of piperidine rings is 1. The molecule has 1 amide bonds. The molecule has 5 heteroatoms. The van der Waals surface area contributed by atoms with Gasteiger partial charge in [-0.15, -0.1) is 0 Å². The predicted molar refractivity (Wildman–Crippen MR) is 82.0 cm³/mol. The molecule has 1 saturated carbocycles. The summed E-state index contributed by atoms with van der Waals surface area (Å²) in [5, 5.41) is 0. The van der Waals surface area contributed by atoms with Crippen LogP contribution in [0.4, 0.5) is 0 Å². The van der Waals surface area contributed by atoms with Gasteiger partial charge in [0.25, 0.3) is 0 Å². The molecule has 2 heterocycles. The molecule has 0 bridgehead atoms. The Morgan fingerprint density at radius 3 is 2.48 bits per heavy atom. The molecule has 5 nitrogen and oxygen atoms in total. The molecule has 3 aliphatic rings. The molecule has 120 valence electrons. The number of rotatable bonds is 2. The van der Waals surface area contributed by atoms with Gasteiger partial charge in [-0.05, 0) is 32.6 Å². The summed E-state index contributed by atoms with van der Waals surface area (Å²) in [7, 11) is 0. The summed E-state index contributed by atoms with van der Waals surface area (Å²) in [5.74, 6) is 0.203. The highest BCUT2D eigenvalue weighted by atomic mass is 16.5. The van der Waals surface area contributed by atoms with Crippen LogP contribution < -0.4 is 5.73 Å². The summed E-state index contributed by atoms with van der Waals surface area (Å²) in [6, 6.07) is 0.609. The van der Waals surface area contributed by atoms with Crippen LogP contribution in [0.15, 0.2) is 0 Å². The van der Waals surface area contributed by atoms with E-state index in [0.717, 1.165) is 71.3 Å². The van der Waals surface area contributed by atoms with Crippen molar-refractivity contribution in [1.29, 1.82) is 0 Å². The summed E-state index contributed by atoms with van der Waals surface area (Å²) in [5.41, 5.74) is 5.76. The molecule has 3 fully saturated rings. The number of hydrogen-bond donors (Lipinski definition) is 1. The molecule has 0 aromatic carbocycles. The molecular weight excluding hydrogens is 266 g/mol. The highest BCUT2D eigenvalue weighted by molar-refractivity contribution is 5.86. The van der Waals surface area contributed by atoms with E-state index in [1.807, 2.05) is 4.90 Å². The first kappa shape index (κ1) is 15.3. The van der Waals surface area contributed by atoms with Gasteiger partial charge in [0.2, 0.25) is 5.91 Å². The number of likely N-dealkylation sites (tertiary alicyclic amines) is 1. The van der Waals surface area contributed by atoms with Gasteiger partial charge in [0, 0.05) is 32.2 Å². The molecule has 1 atom stereocenters. The third kappa shape index (κ3) is 3.25. The summed E-state index contributed by atoms with van der Waals surface area (Å²) in [4.78, 5) is 17.2. The van der Waals surface area contributed by atoms with Crippen molar-refractivity contribution < 1.29 is 9.53 Å². The molecule has 0 radical (unpaired) electrons. The van der Waals surface area contributed by atoms with Crippen molar-refractivity contribution in [3.8, 4) is 0 Å². The fourth-order valence-corrected chi connectivity index (χ4v) is 4.15. The zero-order valence-corrected chi connectivity index (χ0v) is 13.2. The Labute approximate surface area is 127 Å². The van der Waals surface area contributed by atoms with Crippen LogP contribution in [0.5, 0.6) is 0 Å². The highest BCUT2D eigenvalue weighted by Gasteiger charge is 2.41. The van der Waals surface area contributed by atoms with E-state index >= 15 is 0 Å². The molecule has 21 heavy (non-hydrogen) atoms. The third-order valence-corrected chi connectivity index (χ3v) is 5.46. The molecule has 0 aromatic heterocycles. The van der Waals surface area contributed by atoms with Crippen molar-refractivity contribution in [3.63, 3.8) is 0 Å². The van der Waals surface area contributed by atoms with Gasteiger partial charge in [-0.2, -0.15) is 0 Å². The van der Waals surface area contributed by atoms with E-state index in [1.54, 1.807) is 0 Å². The quantitative estimate of drug-likeness (QED) is 0.825. The van der Waals surface area contributed by atoms with E-state index in [4.69, 9.17) is 10.5 Å². The van der Waals surface area contributed by atoms with Crippen molar-refractivity contribution in [2.75, 3.05) is 32.8 Å². The second kappa shape index (κ2) is 6.23. The predicted octanol–water partition coefficient (Wildman–Crippen LogP) is 0.970. The lowest BCUT2D eigenvalue weighted by molar-refractivity contribution is -0.139. The summed E-state index contributed by atoms with van der Waals surface area (Å²) < 4.78 is 5.62. The summed E-state index contributed by atoms with van der Waals surface area (Å²) >= 11 is 0. The molecule has 2 aliphatic heterocycles. The van der Waals surface area contributed by atoms with Crippen molar-refractivity contribution >= 4 is 5.91 Å². The van der Waals surface area contributed by atoms with E-state index in [1.165, 1.54) is 0 Å². The van der Waals surface area contributed by atoms with Crippen molar-refractivity contribution in [1.82, 2.24) is 9.80 Å². The normalized spacial score (nSPS) is 31.5. The minimum absolute atomic E-state index is 0.203. The Bertz CT molecular complexity index is 374. The molecule has 1 unspecified atom stereocenters. The number of hydrogen-bond acceptors (Lipinski definition) is 4. The van der Waals surface area contributed by atoms with Gasteiger partial charge < -0.3 is 15.4 Å². The Morgan fingerprint density at radius 1 is 1.19 bits per heavy atom. The standard InChI is InChI=1S/C16H29N3O2/c1-13-12-19(10-11-21-13)14-4-8-18(9-5-14)15(20)16(17)6-2-3-7-16/h13-14H,2-12,17H2,1H3. The number of ether oxygens (including phenoxy) is 1. The number of nitrogens with two attached hydrogens (primary N) is 1. The largest absolute Gasteiger partial charge is 0.376 e. The van der Waals surface area contributed by atoms with Crippen LogP contribution in [-0.4, -0.2) is 66.2 Å². The maximum Gasteiger partial charge on any atom is 0.242 e. The first-order valence-corrected chi connectivity index (χ1v) is 8.52. The van der Waals surface area contributed by atoms with Crippen LogP contribution in [-0.2, 0) is 9.53 Å². The molecule has 3 rings (SSSR count). The average molecular weight is 295 g/mol. The summed E-state index contributed by atoms with van der Waals surface area (Å²) in [6.45, 7) is 6.78. The lowest BCUT2D eigenvalue weighted by Crippen LogP contribution is -2.57. The van der Waals surface area contributed by atoms with E-state index in [0.29, 0.717) is 12.1 Å². The molecular formula is C16H29N3O2. The van der Waals surface area contributed by atoms with Crippen molar-refractivity contribution in [3.05, 3.63) is 0 Å². The van der Waals surface area contributed by atoms with Gasteiger partial charge in [-0.3, -0.25) is 9.69 Å². The Morgan fingerprint density at radius 2 is 1.86 bits per heavy atom. The van der Waals surface area contributed by atoms with Crippen LogP contribution in [0.1, 0.15) is 45.4 Å². The summed E-state index contributed by atoms with van der Waals surface area (Å²) in [6.07, 6.45) is 6.43. The highest BCUT2D eigenvalue weighted by Crippen LogP contribution is 2.30. The monoisotopic (exact) mass is 295 g/mol. The number of carbonyl (C=O) groups excluding carboxylic acids is 1. The fraction of sp³-hybridized carbons (Fsp3) is 0.938. The smallest absolute Gasteiger partial charge is 0.242 e. The van der Waals surface area contributed by atoms with Gasteiger partial charge in [0.15, 0.2) is 0 Å². The van der Waals surface area contributed by atoms with Gasteiger partial charge in [0.05, 0.1) is 18.2 Å². The van der Waals surface area contributed by atoms with E-state index < -0.39 is 5.54 Å². The number of carbonyl (C=O) groups is 1. The molecule has 0 aromatic rings. The zero-order chi connectivity index (χ0) is 14.9. The minimum atomic E-state index is -0.555. The molecule has 2 saturated heterocycles. The van der Waals surface area contributed by atoms with Crippen molar-refractivity contribution in [2.45, 2.75) is 63.1 Å². The van der Waals surface area contributed by atoms with Gasteiger partial charge >= 0.3 is 0 Å². The molecule has 2 N–H and O–H groups in total. The maximum atomic E-state index is 12.6.